The molecule has 0 saturated heterocycles. The average molecular weight is 255 g/mol. The Morgan fingerprint density at radius 3 is 2.94 bits per heavy atom. The molecule has 1 aliphatic carbocycles. The van der Waals surface area contributed by atoms with Crippen molar-refractivity contribution in [1.29, 1.82) is 0 Å². The van der Waals surface area contributed by atoms with Gasteiger partial charge in [-0.1, -0.05) is 0 Å². The zero-order valence-corrected chi connectivity index (χ0v) is 10.4. The highest BCUT2D eigenvalue weighted by Crippen LogP contribution is 2.44. The molecule has 1 heterocycles. The summed E-state index contributed by atoms with van der Waals surface area (Å²) in [7, 11) is 0. The highest BCUT2D eigenvalue weighted by atomic mass is 32.1. The van der Waals surface area contributed by atoms with E-state index in [1.165, 1.54) is 0 Å². The molecule has 0 bridgehead atoms. The lowest BCUT2D eigenvalue weighted by molar-refractivity contribution is 0.203. The van der Waals surface area contributed by atoms with Gasteiger partial charge in [0.25, 0.3) is 0 Å². The molecule has 1 aromatic rings. The van der Waals surface area contributed by atoms with Crippen LogP contribution in [0, 0.1) is 5.41 Å². The number of urea groups is 1. The van der Waals surface area contributed by atoms with Crippen molar-refractivity contribution in [2.75, 3.05) is 19.7 Å². The normalized spacial score (nSPS) is 16.5. The molecule has 0 spiro atoms. The van der Waals surface area contributed by atoms with Crippen LogP contribution in [0.25, 0.3) is 0 Å². The molecular formula is C11H17N3O2S. The first kappa shape index (κ1) is 12.3. The molecule has 1 aliphatic rings. The smallest absolute Gasteiger partial charge is 0.314 e. The quantitative estimate of drug-likeness (QED) is 0.702. The summed E-state index contributed by atoms with van der Waals surface area (Å²) in [6.45, 7) is 1.31. The largest absolute Gasteiger partial charge is 0.396 e. The van der Waals surface area contributed by atoms with E-state index in [0.717, 1.165) is 25.0 Å². The molecule has 0 atom stereocenters. The minimum atomic E-state index is -0.167. The Hall–Kier alpha value is -1.14. The van der Waals surface area contributed by atoms with E-state index in [9.17, 15) is 4.79 Å². The van der Waals surface area contributed by atoms with Gasteiger partial charge < -0.3 is 15.7 Å². The molecule has 94 valence electrons. The fourth-order valence-corrected chi connectivity index (χ4v) is 2.16. The van der Waals surface area contributed by atoms with Crippen LogP contribution in [-0.2, 0) is 6.42 Å². The second-order valence-electron chi connectivity index (χ2n) is 4.50. The zero-order valence-electron chi connectivity index (χ0n) is 9.61. The Labute approximate surface area is 104 Å². The van der Waals surface area contributed by atoms with Gasteiger partial charge in [-0.3, -0.25) is 0 Å². The topological polar surface area (TPSA) is 74.2 Å². The molecule has 5 nitrogen and oxygen atoms in total. The highest BCUT2D eigenvalue weighted by molar-refractivity contribution is 7.07. The number of rotatable bonds is 6. The van der Waals surface area contributed by atoms with Gasteiger partial charge in [0, 0.05) is 30.3 Å². The standard InChI is InChI=1S/C11H17N3O2S/c15-7-11(2-3-11)6-13-10(16)12-4-1-9-5-17-8-14-9/h5,8,15H,1-4,6-7H2,(H2,12,13,16). The monoisotopic (exact) mass is 255 g/mol. The van der Waals surface area contributed by atoms with Crippen LogP contribution in [0.2, 0.25) is 0 Å². The van der Waals surface area contributed by atoms with Gasteiger partial charge in [0.05, 0.1) is 17.8 Å². The van der Waals surface area contributed by atoms with Crippen molar-refractivity contribution in [3.63, 3.8) is 0 Å². The van der Waals surface area contributed by atoms with Gasteiger partial charge in [-0.15, -0.1) is 11.3 Å². The SMILES string of the molecule is O=C(NCCc1cscn1)NCC1(CO)CC1. The van der Waals surface area contributed by atoms with E-state index in [1.807, 2.05) is 5.38 Å². The number of nitrogens with zero attached hydrogens (tertiary/aromatic N) is 1. The summed E-state index contributed by atoms with van der Waals surface area (Å²) in [6, 6.07) is -0.167. The Kier molecular flexibility index (Phi) is 3.96. The van der Waals surface area contributed by atoms with Crippen molar-refractivity contribution < 1.29 is 9.90 Å². The second kappa shape index (κ2) is 5.46. The van der Waals surface area contributed by atoms with E-state index in [2.05, 4.69) is 15.6 Å². The molecule has 0 aromatic carbocycles. The molecule has 17 heavy (non-hydrogen) atoms. The summed E-state index contributed by atoms with van der Waals surface area (Å²) >= 11 is 1.56. The lowest BCUT2D eigenvalue weighted by Crippen LogP contribution is -2.40. The Morgan fingerprint density at radius 1 is 1.53 bits per heavy atom. The summed E-state index contributed by atoms with van der Waals surface area (Å²) in [4.78, 5) is 15.6. The fourth-order valence-electron chi connectivity index (χ4n) is 1.56. The average Bonchev–Trinajstić information content (AvgIpc) is 2.95. The Balaban J connectivity index is 1.58. The van der Waals surface area contributed by atoms with Crippen molar-refractivity contribution in [3.05, 3.63) is 16.6 Å². The van der Waals surface area contributed by atoms with Gasteiger partial charge in [-0.05, 0) is 12.8 Å². The van der Waals surface area contributed by atoms with Crippen LogP contribution in [0.4, 0.5) is 4.79 Å². The number of hydrogen-bond acceptors (Lipinski definition) is 4. The van der Waals surface area contributed by atoms with E-state index >= 15 is 0 Å². The van der Waals surface area contributed by atoms with Crippen LogP contribution in [0.5, 0.6) is 0 Å². The van der Waals surface area contributed by atoms with E-state index in [-0.39, 0.29) is 18.1 Å². The number of thiazole rings is 1. The van der Waals surface area contributed by atoms with E-state index in [4.69, 9.17) is 5.11 Å². The summed E-state index contributed by atoms with van der Waals surface area (Å²) in [5.41, 5.74) is 2.75. The number of hydrogen-bond donors (Lipinski definition) is 3. The molecule has 0 unspecified atom stereocenters. The first-order valence-corrected chi connectivity index (χ1v) is 6.68. The van der Waals surface area contributed by atoms with Gasteiger partial charge in [0.2, 0.25) is 0 Å². The molecule has 1 aromatic heterocycles. The third-order valence-corrected chi connectivity index (χ3v) is 3.70. The minimum absolute atomic E-state index is 0.0355. The van der Waals surface area contributed by atoms with Crippen LogP contribution < -0.4 is 10.6 Å². The van der Waals surface area contributed by atoms with Gasteiger partial charge >= 0.3 is 6.03 Å². The molecule has 0 aliphatic heterocycles. The summed E-state index contributed by atoms with van der Waals surface area (Å²) in [5.74, 6) is 0. The van der Waals surface area contributed by atoms with Crippen LogP contribution in [0.3, 0.4) is 0 Å². The van der Waals surface area contributed by atoms with Crippen molar-refractivity contribution in [2.45, 2.75) is 19.3 Å². The van der Waals surface area contributed by atoms with E-state index in [1.54, 1.807) is 16.8 Å². The molecule has 6 heteroatoms. The van der Waals surface area contributed by atoms with Gasteiger partial charge in [-0.2, -0.15) is 0 Å². The number of aliphatic hydroxyl groups excluding tert-OH is 1. The zero-order chi connectivity index (χ0) is 12.1. The van der Waals surface area contributed by atoms with Crippen LogP contribution >= 0.6 is 11.3 Å². The van der Waals surface area contributed by atoms with Crippen molar-refractivity contribution in [2.24, 2.45) is 5.41 Å². The summed E-state index contributed by atoms with van der Waals surface area (Å²) in [5, 5.41) is 16.6. The van der Waals surface area contributed by atoms with Gasteiger partial charge in [0.15, 0.2) is 0 Å². The lowest BCUT2D eigenvalue weighted by atomic mass is 10.1. The first-order valence-electron chi connectivity index (χ1n) is 5.74. The minimum Gasteiger partial charge on any atom is -0.396 e. The predicted molar refractivity (Wildman–Crippen MR) is 66.0 cm³/mol. The maximum atomic E-state index is 11.4. The third kappa shape index (κ3) is 3.67. The van der Waals surface area contributed by atoms with Crippen LogP contribution in [0.1, 0.15) is 18.5 Å². The molecule has 3 N–H and O–H groups in total. The van der Waals surface area contributed by atoms with E-state index < -0.39 is 0 Å². The fraction of sp³-hybridized carbons (Fsp3) is 0.636. The molecule has 1 saturated carbocycles. The second-order valence-corrected chi connectivity index (χ2v) is 5.22. The number of aromatic nitrogens is 1. The molecule has 1 fully saturated rings. The highest BCUT2D eigenvalue weighted by Gasteiger charge is 2.41. The number of aliphatic hydroxyl groups is 1. The van der Waals surface area contributed by atoms with Crippen LogP contribution in [0.15, 0.2) is 10.9 Å². The molecule has 2 amide bonds. The molecule has 0 radical (unpaired) electrons. The number of carbonyl (C=O) groups is 1. The van der Waals surface area contributed by atoms with Crippen molar-refractivity contribution in [3.8, 4) is 0 Å². The van der Waals surface area contributed by atoms with Gasteiger partial charge in [0.1, 0.15) is 0 Å². The molecular weight excluding hydrogens is 238 g/mol. The maximum absolute atomic E-state index is 11.4. The van der Waals surface area contributed by atoms with Crippen molar-refractivity contribution >= 4 is 17.4 Å². The Morgan fingerprint density at radius 2 is 2.35 bits per heavy atom. The number of nitrogens with one attached hydrogen (secondary N) is 2. The molecule has 2 rings (SSSR count). The lowest BCUT2D eigenvalue weighted by Gasteiger charge is -2.13. The summed E-state index contributed by atoms with van der Waals surface area (Å²) in [6.07, 6.45) is 2.76. The third-order valence-electron chi connectivity index (χ3n) is 3.07. The van der Waals surface area contributed by atoms with Crippen molar-refractivity contribution in [1.82, 2.24) is 15.6 Å². The van der Waals surface area contributed by atoms with Crippen LogP contribution in [-0.4, -0.2) is 35.8 Å². The Bertz CT molecular complexity index is 363. The summed E-state index contributed by atoms with van der Waals surface area (Å²) < 4.78 is 0. The first-order chi connectivity index (χ1) is 8.24. The number of amides is 2. The van der Waals surface area contributed by atoms with E-state index in [0.29, 0.717) is 13.1 Å². The predicted octanol–water partition coefficient (Wildman–Crippen LogP) is 0.757. The maximum Gasteiger partial charge on any atom is 0.314 e. The number of carbonyl (C=O) groups excluding carboxylic acids is 1. The van der Waals surface area contributed by atoms with Gasteiger partial charge in [-0.25, -0.2) is 9.78 Å².